The Morgan fingerprint density at radius 3 is 1.37 bits per heavy atom. The number of hydrogen-bond acceptors (Lipinski definition) is 5. The van der Waals surface area contributed by atoms with E-state index in [0.717, 1.165) is 41.8 Å². The Morgan fingerprint density at radius 2 is 0.827 bits per heavy atom. The van der Waals surface area contributed by atoms with Crippen LogP contribution in [0, 0.1) is 0 Å². The van der Waals surface area contributed by atoms with Crippen LogP contribution in [0.2, 0.25) is 0 Å². The van der Waals surface area contributed by atoms with Gasteiger partial charge in [0.05, 0.1) is 8.95 Å². The van der Waals surface area contributed by atoms with Crippen LogP contribution in [-0.2, 0) is 13.2 Å². The monoisotopic (exact) mass is 812 g/mol. The fourth-order valence-electron chi connectivity index (χ4n) is 5.69. The van der Waals surface area contributed by atoms with Gasteiger partial charge >= 0.3 is 7.12 Å². The summed E-state index contributed by atoms with van der Waals surface area (Å²) in [5.74, 6) is 1.66. The Bertz CT molecular complexity index is 2390. The molecule has 8 heteroatoms. The van der Waals surface area contributed by atoms with Crippen LogP contribution < -0.4 is 14.9 Å². The molecule has 0 fully saturated rings. The number of hydrogen-bond donors (Lipinski definition) is 3. The Balaban J connectivity index is 0.000000139. The molecule has 0 aromatic heterocycles. The third-order valence-corrected chi connectivity index (χ3v) is 9.99. The van der Waals surface area contributed by atoms with E-state index in [1.54, 1.807) is 12.1 Å². The summed E-state index contributed by atoms with van der Waals surface area (Å²) in [7, 11) is -1.57. The van der Waals surface area contributed by atoms with Gasteiger partial charge in [-0.3, -0.25) is 0 Å². The van der Waals surface area contributed by atoms with Crippen molar-refractivity contribution in [3.63, 3.8) is 0 Å². The molecular weight excluding hydrogens is 779 g/mol. The number of ether oxygens (including phenoxy) is 2. The number of rotatable bonds is 7. The van der Waals surface area contributed by atoms with Gasteiger partial charge in [-0.1, -0.05) is 152 Å². The highest BCUT2D eigenvalue weighted by molar-refractivity contribution is 9.11. The van der Waals surface area contributed by atoms with Gasteiger partial charge in [0.1, 0.15) is 30.5 Å². The maximum absolute atomic E-state index is 9.68. The van der Waals surface area contributed by atoms with Crippen LogP contribution in [0.5, 0.6) is 17.2 Å². The fraction of sp³-hybridized carbons (Fsp3) is 0.0455. The summed E-state index contributed by atoms with van der Waals surface area (Å²) in [5, 5.41) is 35.0. The molecule has 5 nitrogen and oxygen atoms in total. The Morgan fingerprint density at radius 1 is 0.423 bits per heavy atom. The van der Waals surface area contributed by atoms with E-state index in [1.165, 1.54) is 16.3 Å². The van der Waals surface area contributed by atoms with E-state index in [-0.39, 0.29) is 5.75 Å². The predicted molar refractivity (Wildman–Crippen MR) is 220 cm³/mol. The minimum absolute atomic E-state index is 0.286. The first-order valence-electron chi connectivity index (χ1n) is 16.6. The molecule has 3 N–H and O–H groups in total. The number of aromatic hydroxyl groups is 1. The average molecular weight is 814 g/mol. The predicted octanol–water partition coefficient (Wildman–Crippen LogP) is 10.6. The van der Waals surface area contributed by atoms with Crippen LogP contribution in [0.25, 0.3) is 32.3 Å². The van der Waals surface area contributed by atoms with E-state index in [4.69, 9.17) is 9.47 Å². The van der Waals surface area contributed by atoms with Gasteiger partial charge in [-0.15, -0.1) is 0 Å². The zero-order chi connectivity index (χ0) is 36.3. The summed E-state index contributed by atoms with van der Waals surface area (Å²) >= 11 is 6.96. The molecule has 0 unspecified atom stereocenters. The summed E-state index contributed by atoms with van der Waals surface area (Å²) in [6, 6.07) is 55.1. The van der Waals surface area contributed by atoms with Crippen LogP contribution in [-0.4, -0.2) is 22.3 Å². The van der Waals surface area contributed by atoms with Crippen LogP contribution in [0.3, 0.4) is 0 Å². The Kier molecular flexibility index (Phi) is 12.6. The summed E-state index contributed by atoms with van der Waals surface area (Å²) in [6.07, 6.45) is 0. The molecule has 0 bridgehead atoms. The molecule has 0 aliphatic rings. The summed E-state index contributed by atoms with van der Waals surface area (Å²) < 4.78 is 13.4. The van der Waals surface area contributed by atoms with Gasteiger partial charge in [0.2, 0.25) is 0 Å². The van der Waals surface area contributed by atoms with Gasteiger partial charge < -0.3 is 24.6 Å². The first-order valence-corrected chi connectivity index (χ1v) is 18.2. The second-order valence-corrected chi connectivity index (χ2v) is 13.4. The quantitative estimate of drug-likeness (QED) is 0.140. The van der Waals surface area contributed by atoms with Crippen molar-refractivity contribution in [2.24, 2.45) is 0 Å². The van der Waals surface area contributed by atoms with Crippen molar-refractivity contribution in [2.45, 2.75) is 13.2 Å². The number of phenolic OH excluding ortho intramolecular Hbond substituents is 1. The number of halogens is 2. The molecule has 8 aromatic rings. The largest absolute Gasteiger partial charge is 0.507 e. The lowest BCUT2D eigenvalue weighted by Gasteiger charge is -2.14. The van der Waals surface area contributed by atoms with Gasteiger partial charge in [0.25, 0.3) is 0 Å². The van der Waals surface area contributed by atoms with E-state index < -0.39 is 7.12 Å². The molecule has 0 saturated heterocycles. The van der Waals surface area contributed by atoms with E-state index in [9.17, 15) is 15.2 Å². The molecule has 0 aliphatic carbocycles. The van der Waals surface area contributed by atoms with Gasteiger partial charge in [-0.05, 0) is 93.5 Å². The first-order chi connectivity index (χ1) is 25.4. The van der Waals surface area contributed by atoms with Crippen molar-refractivity contribution >= 4 is 76.8 Å². The van der Waals surface area contributed by atoms with Gasteiger partial charge in [-0.2, -0.15) is 0 Å². The number of phenols is 1. The normalized spacial score (nSPS) is 10.5. The zero-order valence-corrected chi connectivity index (χ0v) is 31.2. The summed E-state index contributed by atoms with van der Waals surface area (Å²) in [5.41, 5.74) is 2.61. The molecule has 0 atom stereocenters. The summed E-state index contributed by atoms with van der Waals surface area (Å²) in [4.78, 5) is 0. The Labute approximate surface area is 320 Å². The van der Waals surface area contributed by atoms with Crippen molar-refractivity contribution in [3.8, 4) is 17.2 Å². The molecule has 0 radical (unpaired) electrons. The second-order valence-electron chi connectivity index (χ2n) is 11.8. The lowest BCUT2D eigenvalue weighted by atomic mass is 9.76. The lowest BCUT2D eigenvalue weighted by molar-refractivity contribution is 0.305. The van der Waals surface area contributed by atoms with Crippen LogP contribution in [0.15, 0.2) is 179 Å². The molecule has 258 valence electrons. The highest BCUT2D eigenvalue weighted by atomic mass is 79.9. The minimum atomic E-state index is -1.57. The van der Waals surface area contributed by atoms with Crippen molar-refractivity contribution in [1.29, 1.82) is 0 Å². The molecule has 8 aromatic carbocycles. The minimum Gasteiger partial charge on any atom is -0.507 e. The van der Waals surface area contributed by atoms with Crippen LogP contribution in [0.1, 0.15) is 11.1 Å². The average Bonchev–Trinajstić information content (AvgIpc) is 3.19. The van der Waals surface area contributed by atoms with E-state index in [1.807, 2.05) is 127 Å². The highest BCUT2D eigenvalue weighted by Crippen LogP contribution is 2.34. The smallest absolute Gasteiger partial charge is 0.492 e. The standard InChI is InChI=1S/C17H15BO3.C17H13BrO.C10H7BrO/c19-18(20)17-15-9-5-4-8-14(15)10-11-16(17)21-12-13-6-2-1-3-7-13;18-17-15-9-5-4-8-14(15)10-11-16(17)19-12-13-6-2-1-3-7-13;11-10-8-4-2-1-3-7(8)5-6-9(10)12/h1-11,19-20H,12H2;1-11H,12H2;1-6,12H. The molecule has 0 saturated carbocycles. The lowest BCUT2D eigenvalue weighted by Crippen LogP contribution is -2.32. The van der Waals surface area contributed by atoms with E-state index in [2.05, 4.69) is 62.2 Å². The van der Waals surface area contributed by atoms with E-state index in [0.29, 0.717) is 24.4 Å². The molecule has 0 aliphatic heterocycles. The SMILES string of the molecule is Brc1c(OCc2ccccc2)ccc2ccccc12.OB(O)c1c(OCc2ccccc2)ccc2ccccc12.Oc1ccc2ccccc2c1Br. The maximum atomic E-state index is 9.68. The van der Waals surface area contributed by atoms with Crippen molar-refractivity contribution < 1.29 is 24.6 Å². The van der Waals surface area contributed by atoms with Gasteiger partial charge in [0.15, 0.2) is 0 Å². The van der Waals surface area contributed by atoms with E-state index >= 15 is 0 Å². The topological polar surface area (TPSA) is 79.2 Å². The Hall–Kier alpha value is -5.12. The highest BCUT2D eigenvalue weighted by Gasteiger charge is 2.20. The third kappa shape index (κ3) is 9.21. The molecule has 0 heterocycles. The maximum Gasteiger partial charge on any atom is 0.492 e. The van der Waals surface area contributed by atoms with Crippen molar-refractivity contribution in [1.82, 2.24) is 0 Å². The van der Waals surface area contributed by atoms with Gasteiger partial charge in [0, 0.05) is 5.46 Å². The van der Waals surface area contributed by atoms with Crippen molar-refractivity contribution in [2.75, 3.05) is 0 Å². The second kappa shape index (κ2) is 17.9. The fourth-order valence-corrected chi connectivity index (χ4v) is 6.79. The zero-order valence-electron chi connectivity index (χ0n) is 28.1. The number of fused-ring (bicyclic) bond motifs is 3. The number of benzene rings is 8. The molecule has 0 spiro atoms. The molecular formula is C44H35BBr2O5. The molecule has 8 rings (SSSR count). The van der Waals surface area contributed by atoms with Crippen LogP contribution >= 0.6 is 31.9 Å². The first kappa shape index (κ1) is 36.7. The van der Waals surface area contributed by atoms with Gasteiger partial charge in [-0.25, -0.2) is 0 Å². The van der Waals surface area contributed by atoms with Crippen molar-refractivity contribution in [3.05, 3.63) is 190 Å². The molecule has 52 heavy (non-hydrogen) atoms. The summed E-state index contributed by atoms with van der Waals surface area (Å²) in [6.45, 7) is 0.969. The van der Waals surface area contributed by atoms with Crippen LogP contribution in [0.4, 0.5) is 0 Å². The third-order valence-electron chi connectivity index (χ3n) is 8.33. The molecule has 0 amide bonds.